The number of carbonyl (C=O) groups excluding carboxylic acids is 1. The van der Waals surface area contributed by atoms with Crippen LogP contribution in [-0.2, 0) is 14.8 Å². The maximum atomic E-state index is 13.0. The van der Waals surface area contributed by atoms with Crippen LogP contribution in [0.15, 0.2) is 41.3 Å². The molecule has 0 saturated carbocycles. The minimum atomic E-state index is -3.54. The number of quaternary nitrogens is 1. The van der Waals surface area contributed by atoms with Crippen molar-refractivity contribution in [3.05, 3.63) is 57.6 Å². The molecule has 0 radical (unpaired) electrons. The van der Waals surface area contributed by atoms with Gasteiger partial charge in [0.2, 0.25) is 10.0 Å². The molecule has 2 N–H and O–H groups in total. The molecule has 1 aliphatic rings. The molecular weight excluding hydrogens is 433 g/mol. The van der Waals surface area contributed by atoms with Gasteiger partial charge in [0.1, 0.15) is 0 Å². The summed E-state index contributed by atoms with van der Waals surface area (Å²) >= 11 is 12.1. The molecule has 1 fully saturated rings. The van der Waals surface area contributed by atoms with E-state index in [1.807, 2.05) is 19.1 Å². The third-order valence-electron chi connectivity index (χ3n) is 5.03. The number of rotatable bonds is 5. The average molecular weight is 457 g/mol. The summed E-state index contributed by atoms with van der Waals surface area (Å²) in [5, 5.41) is 3.46. The lowest BCUT2D eigenvalue weighted by molar-refractivity contribution is -0.895. The van der Waals surface area contributed by atoms with E-state index in [4.69, 9.17) is 23.2 Å². The number of aryl methyl sites for hydroxylation is 2. The summed E-state index contributed by atoms with van der Waals surface area (Å²) in [7, 11) is -3.54. The summed E-state index contributed by atoms with van der Waals surface area (Å²) in [5.41, 5.74) is 2.12. The molecule has 9 heteroatoms. The summed E-state index contributed by atoms with van der Waals surface area (Å²) in [4.78, 5) is 13.7. The largest absolute Gasteiger partial charge is 0.325 e. The number of nitrogens with zero attached hydrogens (tertiary/aromatic N) is 1. The van der Waals surface area contributed by atoms with E-state index in [9.17, 15) is 13.2 Å². The van der Waals surface area contributed by atoms with Crippen LogP contribution >= 0.6 is 23.2 Å². The highest BCUT2D eigenvalue weighted by Crippen LogP contribution is 2.29. The van der Waals surface area contributed by atoms with Gasteiger partial charge in [0, 0.05) is 0 Å². The van der Waals surface area contributed by atoms with Crippen LogP contribution in [0.1, 0.15) is 11.1 Å². The van der Waals surface area contributed by atoms with Gasteiger partial charge in [-0.1, -0.05) is 41.4 Å². The molecule has 2 aromatic carbocycles. The fraction of sp³-hybridized carbons (Fsp3) is 0.350. The molecule has 29 heavy (non-hydrogen) atoms. The van der Waals surface area contributed by atoms with E-state index < -0.39 is 10.0 Å². The van der Waals surface area contributed by atoms with Gasteiger partial charge < -0.3 is 10.2 Å². The van der Waals surface area contributed by atoms with Crippen molar-refractivity contribution in [2.24, 2.45) is 0 Å². The van der Waals surface area contributed by atoms with Gasteiger partial charge in [-0.05, 0) is 43.2 Å². The van der Waals surface area contributed by atoms with E-state index >= 15 is 0 Å². The summed E-state index contributed by atoms with van der Waals surface area (Å²) in [5.74, 6) is -0.185. The lowest BCUT2D eigenvalue weighted by Crippen LogP contribution is -3.15. The summed E-state index contributed by atoms with van der Waals surface area (Å²) in [6, 6.07) is 10.5. The van der Waals surface area contributed by atoms with Crippen LogP contribution < -0.4 is 10.2 Å². The minimum Gasteiger partial charge on any atom is -0.325 e. The first-order valence-corrected chi connectivity index (χ1v) is 11.5. The number of benzene rings is 2. The molecule has 0 spiro atoms. The maximum absolute atomic E-state index is 13.0. The maximum Gasteiger partial charge on any atom is 0.279 e. The first kappa shape index (κ1) is 22.1. The lowest BCUT2D eigenvalue weighted by atomic mass is 10.2. The number of hydrogen-bond donors (Lipinski definition) is 2. The molecular formula is C20H24Cl2N3O3S+. The van der Waals surface area contributed by atoms with Crippen molar-refractivity contribution in [1.29, 1.82) is 0 Å². The predicted molar refractivity (Wildman–Crippen MR) is 115 cm³/mol. The summed E-state index contributed by atoms with van der Waals surface area (Å²) < 4.78 is 27.5. The second-order valence-electron chi connectivity index (χ2n) is 7.25. The molecule has 0 aromatic heterocycles. The van der Waals surface area contributed by atoms with Crippen molar-refractivity contribution in [1.82, 2.24) is 4.31 Å². The van der Waals surface area contributed by atoms with Crippen LogP contribution in [-0.4, -0.2) is 51.4 Å². The van der Waals surface area contributed by atoms with Crippen molar-refractivity contribution in [3.63, 3.8) is 0 Å². The van der Waals surface area contributed by atoms with Crippen LogP contribution in [0.4, 0.5) is 5.69 Å². The Balaban J connectivity index is 1.59. The van der Waals surface area contributed by atoms with Crippen LogP contribution in [0.5, 0.6) is 0 Å². The molecule has 0 bridgehead atoms. The molecule has 1 aliphatic heterocycles. The van der Waals surface area contributed by atoms with Gasteiger partial charge >= 0.3 is 0 Å². The van der Waals surface area contributed by atoms with Gasteiger partial charge in [0.15, 0.2) is 6.54 Å². The highest BCUT2D eigenvalue weighted by Gasteiger charge is 2.32. The van der Waals surface area contributed by atoms with Gasteiger partial charge in [-0.25, -0.2) is 8.42 Å². The molecule has 0 aliphatic carbocycles. The van der Waals surface area contributed by atoms with Crippen molar-refractivity contribution < 1.29 is 18.1 Å². The normalized spacial score (nSPS) is 16.0. The molecule has 156 valence electrons. The smallest absolute Gasteiger partial charge is 0.279 e. The Morgan fingerprint density at radius 1 is 1.14 bits per heavy atom. The first-order chi connectivity index (χ1) is 13.7. The van der Waals surface area contributed by atoms with Crippen LogP contribution in [0, 0.1) is 13.8 Å². The van der Waals surface area contributed by atoms with Gasteiger partial charge in [-0.3, -0.25) is 4.79 Å². The lowest BCUT2D eigenvalue weighted by Gasteiger charge is -2.31. The quantitative estimate of drug-likeness (QED) is 0.723. The third-order valence-corrected chi connectivity index (χ3v) is 7.89. The van der Waals surface area contributed by atoms with Crippen LogP contribution in [0.25, 0.3) is 0 Å². The van der Waals surface area contributed by atoms with Crippen molar-refractivity contribution >= 4 is 44.8 Å². The minimum absolute atomic E-state index is 0.185. The molecule has 0 atom stereocenters. The van der Waals surface area contributed by atoms with E-state index in [-0.39, 0.29) is 12.5 Å². The number of piperazine rings is 1. The zero-order chi connectivity index (χ0) is 21.2. The van der Waals surface area contributed by atoms with Gasteiger partial charge in [-0.2, -0.15) is 4.31 Å². The third kappa shape index (κ3) is 5.10. The van der Waals surface area contributed by atoms with Gasteiger partial charge in [-0.15, -0.1) is 0 Å². The second-order valence-corrected chi connectivity index (χ2v) is 9.94. The van der Waals surface area contributed by atoms with E-state index in [1.165, 1.54) is 4.31 Å². The molecule has 2 aromatic rings. The number of nitrogens with one attached hydrogen (secondary N) is 2. The van der Waals surface area contributed by atoms with Gasteiger partial charge in [0.05, 0.1) is 46.8 Å². The summed E-state index contributed by atoms with van der Waals surface area (Å²) in [6.45, 7) is 5.78. The standard InChI is InChI=1S/C20H23Cl2N3O3S/c1-14-6-7-15(2)18(12-14)29(27,28)25-10-8-24(9-11-25)13-19(26)23-17-5-3-4-16(21)20(17)22/h3-7,12H,8-11,13H2,1-2H3,(H,23,26)/p+1. The first-order valence-electron chi connectivity index (χ1n) is 9.33. The number of anilines is 1. The monoisotopic (exact) mass is 456 g/mol. The Bertz CT molecular complexity index is 1020. The zero-order valence-electron chi connectivity index (χ0n) is 16.3. The molecule has 0 unspecified atom stereocenters. The number of carbonyl (C=O) groups is 1. The topological polar surface area (TPSA) is 70.9 Å². The fourth-order valence-corrected chi connectivity index (χ4v) is 5.46. The Labute approximate surface area is 181 Å². The Morgan fingerprint density at radius 2 is 1.83 bits per heavy atom. The van der Waals surface area contributed by atoms with Crippen LogP contribution in [0.3, 0.4) is 0 Å². The van der Waals surface area contributed by atoms with Crippen molar-refractivity contribution in [2.45, 2.75) is 18.7 Å². The van der Waals surface area contributed by atoms with E-state index in [1.54, 1.807) is 31.2 Å². The van der Waals surface area contributed by atoms with E-state index in [0.717, 1.165) is 16.0 Å². The molecule has 1 amide bonds. The van der Waals surface area contributed by atoms with E-state index in [2.05, 4.69) is 5.32 Å². The van der Waals surface area contributed by atoms with E-state index in [0.29, 0.717) is 46.8 Å². The molecule has 1 saturated heterocycles. The van der Waals surface area contributed by atoms with Crippen LogP contribution in [0.2, 0.25) is 10.0 Å². The number of hydrogen-bond acceptors (Lipinski definition) is 3. The SMILES string of the molecule is Cc1ccc(C)c(S(=O)(=O)N2CC[NH+](CC(=O)Nc3cccc(Cl)c3Cl)CC2)c1. The second kappa shape index (κ2) is 9.02. The Kier molecular flexibility index (Phi) is 6.86. The number of halogens is 2. The molecule has 1 heterocycles. The van der Waals surface area contributed by atoms with Crippen molar-refractivity contribution in [2.75, 3.05) is 38.0 Å². The zero-order valence-corrected chi connectivity index (χ0v) is 18.7. The number of sulfonamides is 1. The average Bonchev–Trinajstić information content (AvgIpc) is 2.67. The summed E-state index contributed by atoms with van der Waals surface area (Å²) in [6.07, 6.45) is 0. The highest BCUT2D eigenvalue weighted by molar-refractivity contribution is 7.89. The molecule has 3 rings (SSSR count). The van der Waals surface area contributed by atoms with Gasteiger partial charge in [0.25, 0.3) is 5.91 Å². The Morgan fingerprint density at radius 3 is 2.52 bits per heavy atom. The number of amides is 1. The molecule has 6 nitrogen and oxygen atoms in total. The predicted octanol–water partition coefficient (Wildman–Crippen LogP) is 2.14. The Hall–Kier alpha value is -1.64. The van der Waals surface area contributed by atoms with Crippen molar-refractivity contribution in [3.8, 4) is 0 Å². The fourth-order valence-electron chi connectivity index (χ4n) is 3.37. The highest BCUT2D eigenvalue weighted by atomic mass is 35.5.